The number of hydrogen-bond donors (Lipinski definition) is 0. The number of likely N-dealkylation sites (N-methyl/N-ethyl adjacent to an activating group) is 1. The molecule has 0 bridgehead atoms. The van der Waals surface area contributed by atoms with Gasteiger partial charge in [0, 0.05) is 19.5 Å². The number of sulfonamides is 1. The van der Waals surface area contributed by atoms with Gasteiger partial charge in [-0.25, -0.2) is 12.8 Å². The molecule has 7 heteroatoms. The van der Waals surface area contributed by atoms with Gasteiger partial charge in [-0.3, -0.25) is 0 Å². The molecule has 0 saturated carbocycles. The van der Waals surface area contributed by atoms with Crippen molar-refractivity contribution >= 4 is 21.6 Å². The molecule has 114 valence electrons. The molecule has 0 aliphatic carbocycles. The summed E-state index contributed by atoms with van der Waals surface area (Å²) in [5.41, 5.74) is 0.554. The van der Waals surface area contributed by atoms with Crippen molar-refractivity contribution in [3.05, 3.63) is 29.6 Å². The number of hydrogen-bond acceptors (Lipinski definition) is 3. The molecule has 1 aromatic rings. The summed E-state index contributed by atoms with van der Waals surface area (Å²) in [6, 6.07) is 3.84. The van der Waals surface area contributed by atoms with Crippen LogP contribution in [-0.2, 0) is 20.6 Å². The lowest BCUT2D eigenvalue weighted by Crippen LogP contribution is -2.31. The number of nitrogens with zero attached hydrogens (tertiary/aromatic N) is 1. The number of benzene rings is 1. The quantitative estimate of drug-likeness (QED) is 0.725. The fourth-order valence-corrected chi connectivity index (χ4v) is 2.97. The Morgan fingerprint density at radius 2 is 2.05 bits per heavy atom. The predicted molar refractivity (Wildman–Crippen MR) is 76.9 cm³/mol. The van der Waals surface area contributed by atoms with Crippen molar-refractivity contribution in [2.75, 3.05) is 20.2 Å². The van der Waals surface area contributed by atoms with Gasteiger partial charge in [0.2, 0.25) is 10.0 Å². The van der Waals surface area contributed by atoms with Crippen LogP contribution in [0.15, 0.2) is 23.1 Å². The first kappa shape index (κ1) is 17.4. The van der Waals surface area contributed by atoms with Crippen LogP contribution < -0.4 is 0 Å². The molecule has 0 spiro atoms. The van der Waals surface area contributed by atoms with E-state index in [9.17, 15) is 12.8 Å². The third-order valence-electron chi connectivity index (χ3n) is 2.70. The first-order valence-electron chi connectivity index (χ1n) is 6.21. The number of alkyl halides is 1. The van der Waals surface area contributed by atoms with E-state index >= 15 is 0 Å². The minimum atomic E-state index is -3.88. The monoisotopic (exact) mass is 323 g/mol. The third-order valence-corrected chi connectivity index (χ3v) is 4.88. The summed E-state index contributed by atoms with van der Waals surface area (Å²) >= 11 is 5.65. The second-order valence-corrected chi connectivity index (χ2v) is 6.93. The first-order valence-corrected chi connectivity index (χ1v) is 8.18. The molecule has 20 heavy (non-hydrogen) atoms. The molecule has 1 aromatic carbocycles. The highest BCUT2D eigenvalue weighted by atomic mass is 35.5. The Hall–Kier alpha value is -0.690. The molecular formula is C13H19ClFNO3S. The molecule has 0 radical (unpaired) electrons. The lowest BCUT2D eigenvalue weighted by molar-refractivity contribution is 0.0737. The standard InChI is InChI=1S/C13H19ClFNO3S/c1-10(2)19-7-6-16(3)20(17,18)13-8-11(9-14)4-5-12(13)15/h4-5,8,10H,6-7,9H2,1-3H3. The molecule has 0 atom stereocenters. The fourth-order valence-electron chi connectivity index (χ4n) is 1.53. The van der Waals surface area contributed by atoms with Gasteiger partial charge in [0.05, 0.1) is 12.7 Å². The zero-order valence-corrected chi connectivity index (χ0v) is 13.3. The average Bonchev–Trinajstić information content (AvgIpc) is 2.38. The van der Waals surface area contributed by atoms with E-state index in [2.05, 4.69) is 0 Å². The summed E-state index contributed by atoms with van der Waals surface area (Å²) < 4.78 is 44.7. The zero-order valence-electron chi connectivity index (χ0n) is 11.8. The first-order chi connectivity index (χ1) is 9.28. The molecule has 0 N–H and O–H groups in total. The van der Waals surface area contributed by atoms with Crippen molar-refractivity contribution in [3.8, 4) is 0 Å². The topological polar surface area (TPSA) is 46.6 Å². The highest BCUT2D eigenvalue weighted by Gasteiger charge is 2.24. The molecule has 0 aromatic heterocycles. The van der Waals surface area contributed by atoms with Crippen LogP contribution >= 0.6 is 11.6 Å². The summed E-state index contributed by atoms with van der Waals surface area (Å²) in [7, 11) is -2.49. The molecule has 0 amide bonds. The van der Waals surface area contributed by atoms with E-state index < -0.39 is 15.8 Å². The largest absolute Gasteiger partial charge is 0.377 e. The Labute approximate surface area is 124 Å². The van der Waals surface area contributed by atoms with Crippen molar-refractivity contribution in [1.82, 2.24) is 4.31 Å². The van der Waals surface area contributed by atoms with Crippen molar-refractivity contribution in [1.29, 1.82) is 0 Å². The van der Waals surface area contributed by atoms with Gasteiger partial charge in [-0.05, 0) is 31.5 Å². The van der Waals surface area contributed by atoms with E-state index in [4.69, 9.17) is 16.3 Å². The Balaban J connectivity index is 2.92. The van der Waals surface area contributed by atoms with Gasteiger partial charge in [0.15, 0.2) is 0 Å². The maximum Gasteiger partial charge on any atom is 0.245 e. The van der Waals surface area contributed by atoms with Gasteiger partial charge in [-0.1, -0.05) is 6.07 Å². The summed E-state index contributed by atoms with van der Waals surface area (Å²) in [4.78, 5) is -0.359. The van der Waals surface area contributed by atoms with Gasteiger partial charge in [0.25, 0.3) is 0 Å². The average molecular weight is 324 g/mol. The van der Waals surface area contributed by atoms with Crippen LogP contribution in [0.25, 0.3) is 0 Å². The van der Waals surface area contributed by atoms with Crippen molar-refractivity contribution in [3.63, 3.8) is 0 Å². The lowest BCUT2D eigenvalue weighted by Gasteiger charge is -2.18. The minimum absolute atomic E-state index is 0.0161. The highest BCUT2D eigenvalue weighted by Crippen LogP contribution is 2.20. The van der Waals surface area contributed by atoms with Crippen LogP contribution in [0, 0.1) is 5.82 Å². The van der Waals surface area contributed by atoms with Crippen LogP contribution in [0.3, 0.4) is 0 Å². The molecule has 0 unspecified atom stereocenters. The molecule has 0 fully saturated rings. The molecule has 0 aliphatic heterocycles. The van der Waals surface area contributed by atoms with Gasteiger partial charge in [-0.15, -0.1) is 11.6 Å². The Morgan fingerprint density at radius 3 is 2.60 bits per heavy atom. The van der Waals surface area contributed by atoms with Crippen LogP contribution in [0.2, 0.25) is 0 Å². The van der Waals surface area contributed by atoms with E-state index in [1.807, 2.05) is 13.8 Å². The smallest absolute Gasteiger partial charge is 0.245 e. The number of rotatable bonds is 7. The second-order valence-electron chi connectivity index (χ2n) is 4.64. The zero-order chi connectivity index (χ0) is 15.3. The number of ether oxygens (including phenoxy) is 1. The third kappa shape index (κ3) is 4.41. The maximum atomic E-state index is 13.7. The Morgan fingerprint density at radius 1 is 1.40 bits per heavy atom. The summed E-state index contributed by atoms with van der Waals surface area (Å²) in [6.45, 7) is 4.13. The molecule has 1 rings (SSSR count). The summed E-state index contributed by atoms with van der Waals surface area (Å²) in [5.74, 6) is -0.654. The van der Waals surface area contributed by atoms with E-state index in [1.165, 1.54) is 19.2 Å². The van der Waals surface area contributed by atoms with Crippen molar-refractivity contribution in [2.24, 2.45) is 0 Å². The summed E-state index contributed by atoms with van der Waals surface area (Å²) in [6.07, 6.45) is 0.0161. The summed E-state index contributed by atoms with van der Waals surface area (Å²) in [5, 5.41) is 0. The van der Waals surface area contributed by atoms with Crippen LogP contribution in [-0.4, -0.2) is 39.0 Å². The molecule has 4 nitrogen and oxygen atoms in total. The van der Waals surface area contributed by atoms with E-state index in [0.29, 0.717) is 5.56 Å². The molecule has 0 heterocycles. The minimum Gasteiger partial charge on any atom is -0.377 e. The molecule has 0 saturated heterocycles. The van der Waals surface area contributed by atoms with Crippen LogP contribution in [0.5, 0.6) is 0 Å². The van der Waals surface area contributed by atoms with E-state index in [-0.39, 0.29) is 30.0 Å². The lowest BCUT2D eigenvalue weighted by atomic mass is 10.2. The van der Waals surface area contributed by atoms with Crippen LogP contribution in [0.1, 0.15) is 19.4 Å². The highest BCUT2D eigenvalue weighted by molar-refractivity contribution is 7.89. The van der Waals surface area contributed by atoms with E-state index in [1.54, 1.807) is 0 Å². The van der Waals surface area contributed by atoms with Gasteiger partial charge in [0.1, 0.15) is 10.7 Å². The number of halogens is 2. The van der Waals surface area contributed by atoms with Crippen LogP contribution in [0.4, 0.5) is 4.39 Å². The predicted octanol–water partition coefficient (Wildman–Crippen LogP) is 2.61. The normalized spacial score (nSPS) is 12.3. The SMILES string of the molecule is CC(C)OCCN(C)S(=O)(=O)c1cc(CCl)ccc1F. The van der Waals surface area contributed by atoms with Gasteiger partial charge < -0.3 is 4.74 Å². The Kier molecular flexibility index (Phi) is 6.39. The Bertz CT molecular complexity index is 549. The van der Waals surface area contributed by atoms with Gasteiger partial charge >= 0.3 is 0 Å². The fraction of sp³-hybridized carbons (Fsp3) is 0.538. The van der Waals surface area contributed by atoms with E-state index in [0.717, 1.165) is 10.4 Å². The molecular weight excluding hydrogens is 305 g/mol. The van der Waals surface area contributed by atoms with Crippen molar-refractivity contribution < 1.29 is 17.5 Å². The molecule has 0 aliphatic rings. The van der Waals surface area contributed by atoms with Gasteiger partial charge in [-0.2, -0.15) is 4.31 Å². The maximum absolute atomic E-state index is 13.7. The van der Waals surface area contributed by atoms with Crippen molar-refractivity contribution in [2.45, 2.75) is 30.7 Å². The second kappa shape index (κ2) is 7.36.